The second kappa shape index (κ2) is 5.84. The van der Waals surface area contributed by atoms with Gasteiger partial charge < -0.3 is 20.9 Å². The highest BCUT2D eigenvalue weighted by molar-refractivity contribution is 5.65. The van der Waals surface area contributed by atoms with Crippen molar-refractivity contribution < 1.29 is 14.2 Å². The van der Waals surface area contributed by atoms with Crippen molar-refractivity contribution in [2.75, 3.05) is 31.3 Å². The molecule has 0 aromatic heterocycles. The number of hydrogen-bond acceptors (Lipinski definition) is 4. The third-order valence-corrected chi connectivity index (χ3v) is 2.52. The highest BCUT2D eigenvalue weighted by atomic mass is 19.1. The molecule has 0 radical (unpaired) electrons. The molecule has 1 aromatic rings. The Morgan fingerprint density at radius 3 is 2.82 bits per heavy atom. The molecule has 5 heteroatoms. The predicted molar refractivity (Wildman–Crippen MR) is 66.4 cm³/mol. The van der Waals surface area contributed by atoms with Crippen LogP contribution in [0.2, 0.25) is 0 Å². The number of hydrogen-bond donors (Lipinski definition) is 3. The molecular formula is C12H19FN2O2. The zero-order chi connectivity index (χ0) is 12.9. The largest absolute Gasteiger partial charge is 0.397 e. The molecule has 4 N–H and O–H groups in total. The Kier molecular flexibility index (Phi) is 4.72. The lowest BCUT2D eigenvalue weighted by Gasteiger charge is -2.24. The van der Waals surface area contributed by atoms with Crippen molar-refractivity contribution in [3.05, 3.63) is 24.0 Å². The molecule has 0 spiro atoms. The minimum atomic E-state index is -0.892. The van der Waals surface area contributed by atoms with Gasteiger partial charge in [0.15, 0.2) is 0 Å². The molecule has 0 aliphatic rings. The van der Waals surface area contributed by atoms with Crippen molar-refractivity contribution in [3.63, 3.8) is 0 Å². The highest BCUT2D eigenvalue weighted by Gasteiger charge is 2.19. The topological polar surface area (TPSA) is 67.5 Å². The van der Waals surface area contributed by atoms with E-state index in [1.807, 2.05) is 0 Å². The minimum Gasteiger partial charge on any atom is -0.397 e. The van der Waals surface area contributed by atoms with Gasteiger partial charge in [-0.15, -0.1) is 0 Å². The molecule has 0 saturated heterocycles. The van der Waals surface area contributed by atoms with Gasteiger partial charge >= 0.3 is 0 Å². The van der Waals surface area contributed by atoms with Crippen LogP contribution in [0.4, 0.5) is 15.8 Å². The maximum atomic E-state index is 12.8. The van der Waals surface area contributed by atoms with Crippen molar-refractivity contribution in [2.24, 2.45) is 0 Å². The van der Waals surface area contributed by atoms with Gasteiger partial charge in [0.2, 0.25) is 0 Å². The minimum absolute atomic E-state index is 0.326. The summed E-state index contributed by atoms with van der Waals surface area (Å²) >= 11 is 0. The zero-order valence-corrected chi connectivity index (χ0v) is 10.2. The fraction of sp³-hybridized carbons (Fsp3) is 0.500. The van der Waals surface area contributed by atoms with Crippen LogP contribution in [0.5, 0.6) is 0 Å². The molecule has 1 unspecified atom stereocenters. The molecule has 4 nitrogen and oxygen atoms in total. The van der Waals surface area contributed by atoms with Gasteiger partial charge in [-0.25, -0.2) is 4.39 Å². The van der Waals surface area contributed by atoms with Gasteiger partial charge in [0.1, 0.15) is 5.82 Å². The van der Waals surface area contributed by atoms with Gasteiger partial charge in [-0.3, -0.25) is 0 Å². The summed E-state index contributed by atoms with van der Waals surface area (Å²) < 4.78 is 17.7. The van der Waals surface area contributed by atoms with E-state index in [9.17, 15) is 9.50 Å². The monoisotopic (exact) mass is 242 g/mol. The van der Waals surface area contributed by atoms with E-state index < -0.39 is 5.60 Å². The van der Waals surface area contributed by atoms with Crippen LogP contribution < -0.4 is 11.1 Å². The Bertz CT molecular complexity index is 370. The number of nitrogens with two attached hydrogens (primary N) is 1. The maximum absolute atomic E-state index is 12.8. The van der Waals surface area contributed by atoms with Crippen LogP contribution in [0.1, 0.15) is 13.3 Å². The quantitative estimate of drug-likeness (QED) is 0.663. The van der Waals surface area contributed by atoms with E-state index in [0.717, 1.165) is 0 Å². The van der Waals surface area contributed by atoms with Crippen LogP contribution in [0.15, 0.2) is 18.2 Å². The fourth-order valence-electron chi connectivity index (χ4n) is 1.39. The Hall–Kier alpha value is -1.33. The van der Waals surface area contributed by atoms with E-state index in [0.29, 0.717) is 30.9 Å². The van der Waals surface area contributed by atoms with Gasteiger partial charge in [-0.1, -0.05) is 0 Å². The third-order valence-electron chi connectivity index (χ3n) is 2.52. The van der Waals surface area contributed by atoms with E-state index in [4.69, 9.17) is 10.5 Å². The van der Waals surface area contributed by atoms with Crippen molar-refractivity contribution in [2.45, 2.75) is 18.9 Å². The lowest BCUT2D eigenvalue weighted by atomic mass is 10.0. The summed E-state index contributed by atoms with van der Waals surface area (Å²) in [4.78, 5) is 0. The van der Waals surface area contributed by atoms with E-state index in [1.165, 1.54) is 12.1 Å². The van der Waals surface area contributed by atoms with Crippen molar-refractivity contribution in [1.29, 1.82) is 0 Å². The molecule has 0 saturated carbocycles. The van der Waals surface area contributed by atoms with Gasteiger partial charge in [0.05, 0.1) is 17.0 Å². The third kappa shape index (κ3) is 4.58. The summed E-state index contributed by atoms with van der Waals surface area (Å²) in [5.74, 6) is -0.376. The molecule has 1 rings (SSSR count). The Balaban J connectivity index is 2.54. The van der Waals surface area contributed by atoms with Crippen LogP contribution in [0.3, 0.4) is 0 Å². The van der Waals surface area contributed by atoms with Gasteiger partial charge in [-0.2, -0.15) is 0 Å². The van der Waals surface area contributed by atoms with Gasteiger partial charge in [0, 0.05) is 26.7 Å². The highest BCUT2D eigenvalue weighted by Crippen LogP contribution is 2.20. The second-order valence-electron chi connectivity index (χ2n) is 4.32. The summed E-state index contributed by atoms with van der Waals surface area (Å²) in [6.45, 7) is 2.51. The standard InChI is InChI=1S/C12H19FN2O2/c1-12(16,5-6-17-2)8-15-11-4-3-9(13)7-10(11)14/h3-4,7,15-16H,5-6,8,14H2,1-2H3. The number of nitrogen functional groups attached to an aromatic ring is 1. The molecule has 96 valence electrons. The maximum Gasteiger partial charge on any atom is 0.125 e. The SMILES string of the molecule is COCCC(C)(O)CNc1ccc(F)cc1N. The molecule has 0 aliphatic carbocycles. The molecule has 0 fully saturated rings. The number of methoxy groups -OCH3 is 1. The molecular weight excluding hydrogens is 223 g/mol. The van der Waals surface area contributed by atoms with Crippen molar-refractivity contribution in [1.82, 2.24) is 0 Å². The van der Waals surface area contributed by atoms with Crippen LogP contribution in [-0.2, 0) is 4.74 Å². The lowest BCUT2D eigenvalue weighted by molar-refractivity contribution is 0.0358. The molecule has 1 aromatic carbocycles. The van der Waals surface area contributed by atoms with Crippen LogP contribution in [0, 0.1) is 5.82 Å². The molecule has 0 heterocycles. The number of ether oxygens (including phenoxy) is 1. The van der Waals surface area contributed by atoms with Crippen molar-refractivity contribution in [3.8, 4) is 0 Å². The average molecular weight is 242 g/mol. The number of aliphatic hydroxyl groups is 1. The first-order chi connectivity index (χ1) is 7.94. The summed E-state index contributed by atoms with van der Waals surface area (Å²) in [6.07, 6.45) is 0.512. The van der Waals surface area contributed by atoms with Gasteiger partial charge in [0.25, 0.3) is 0 Å². The molecule has 1 atom stereocenters. The average Bonchev–Trinajstić information content (AvgIpc) is 2.25. The number of nitrogens with one attached hydrogen (secondary N) is 1. The lowest BCUT2D eigenvalue weighted by Crippen LogP contribution is -2.34. The Labute approximate surface area is 101 Å². The van der Waals surface area contributed by atoms with E-state index in [1.54, 1.807) is 20.1 Å². The fourth-order valence-corrected chi connectivity index (χ4v) is 1.39. The van der Waals surface area contributed by atoms with Gasteiger partial charge in [-0.05, 0) is 25.1 Å². The number of benzene rings is 1. The van der Waals surface area contributed by atoms with Crippen molar-refractivity contribution >= 4 is 11.4 Å². The molecule has 0 amide bonds. The molecule has 17 heavy (non-hydrogen) atoms. The normalized spacial score (nSPS) is 14.4. The van der Waals surface area contributed by atoms with E-state index in [2.05, 4.69) is 5.32 Å². The predicted octanol–water partition coefficient (Wildman–Crippen LogP) is 1.61. The molecule has 0 bridgehead atoms. The first-order valence-corrected chi connectivity index (χ1v) is 5.45. The summed E-state index contributed by atoms with van der Waals surface area (Å²) in [7, 11) is 1.58. The van der Waals surface area contributed by atoms with Crippen LogP contribution in [0.25, 0.3) is 0 Å². The number of halogens is 1. The smallest absolute Gasteiger partial charge is 0.125 e. The number of anilines is 2. The summed E-state index contributed by atoms with van der Waals surface area (Å²) in [6, 6.07) is 4.12. The van der Waals surface area contributed by atoms with E-state index >= 15 is 0 Å². The number of rotatable bonds is 6. The zero-order valence-electron chi connectivity index (χ0n) is 10.2. The summed E-state index contributed by atoms with van der Waals surface area (Å²) in [5, 5.41) is 13.0. The Morgan fingerprint density at radius 2 is 2.24 bits per heavy atom. The summed E-state index contributed by atoms with van der Waals surface area (Å²) in [5.41, 5.74) is 5.69. The Morgan fingerprint density at radius 1 is 1.53 bits per heavy atom. The molecule has 0 aliphatic heterocycles. The first-order valence-electron chi connectivity index (χ1n) is 5.45. The van der Waals surface area contributed by atoms with Crippen LogP contribution in [-0.4, -0.2) is 31.0 Å². The first kappa shape index (κ1) is 13.7. The van der Waals surface area contributed by atoms with E-state index in [-0.39, 0.29) is 5.82 Å². The second-order valence-corrected chi connectivity index (χ2v) is 4.32. The van der Waals surface area contributed by atoms with Crippen LogP contribution >= 0.6 is 0 Å².